The maximum Gasteiger partial charge on any atom is 0.303 e. The van der Waals surface area contributed by atoms with Gasteiger partial charge in [-0.2, -0.15) is 0 Å². The van der Waals surface area contributed by atoms with E-state index in [1.807, 2.05) is 0 Å². The number of amides is 1. The van der Waals surface area contributed by atoms with Crippen LogP contribution < -0.4 is 11.1 Å². The van der Waals surface area contributed by atoms with Gasteiger partial charge >= 0.3 is 5.97 Å². The summed E-state index contributed by atoms with van der Waals surface area (Å²) in [5, 5.41) is 11.3. The van der Waals surface area contributed by atoms with Crippen LogP contribution in [-0.4, -0.2) is 30.1 Å². The number of carbonyl (C=O) groups excluding carboxylic acids is 1. The zero-order valence-corrected chi connectivity index (χ0v) is 12.2. The lowest BCUT2D eigenvalue weighted by molar-refractivity contribution is -0.137. The van der Waals surface area contributed by atoms with E-state index >= 15 is 0 Å². The fourth-order valence-electron chi connectivity index (χ4n) is 1.86. The Kier molecular flexibility index (Phi) is 9.21. The number of carboxylic acid groups (broad SMARTS) is 1. The van der Waals surface area contributed by atoms with Crippen molar-refractivity contribution in [2.24, 2.45) is 11.1 Å². The Morgan fingerprint density at radius 3 is 2.37 bits per heavy atom. The Morgan fingerprint density at radius 2 is 1.79 bits per heavy atom. The summed E-state index contributed by atoms with van der Waals surface area (Å²) in [5.74, 6) is -0.686. The summed E-state index contributed by atoms with van der Waals surface area (Å²) in [5.41, 5.74) is 5.65. The van der Waals surface area contributed by atoms with Crippen molar-refractivity contribution in [2.75, 3.05) is 13.1 Å². The number of carbonyl (C=O) groups is 2. The van der Waals surface area contributed by atoms with Gasteiger partial charge in [0.2, 0.25) is 5.91 Å². The van der Waals surface area contributed by atoms with E-state index < -0.39 is 5.97 Å². The second kappa shape index (κ2) is 9.78. The van der Waals surface area contributed by atoms with Crippen molar-refractivity contribution in [3.63, 3.8) is 0 Å². The van der Waals surface area contributed by atoms with Gasteiger partial charge in [-0.15, -0.1) is 0 Å². The van der Waals surface area contributed by atoms with Crippen molar-refractivity contribution in [2.45, 2.75) is 58.8 Å². The third kappa shape index (κ3) is 11.7. The lowest BCUT2D eigenvalue weighted by Crippen LogP contribution is -2.26. The molecular weight excluding hydrogens is 244 g/mol. The average Bonchev–Trinajstić information content (AvgIpc) is 2.31. The van der Waals surface area contributed by atoms with Gasteiger partial charge < -0.3 is 16.2 Å². The Labute approximate surface area is 115 Å². The predicted octanol–water partition coefficient (Wildman–Crippen LogP) is 1.90. The molecule has 4 N–H and O–H groups in total. The Bertz CT molecular complexity index is 278. The van der Waals surface area contributed by atoms with Crippen LogP contribution in [0.5, 0.6) is 0 Å². The van der Waals surface area contributed by atoms with E-state index in [9.17, 15) is 9.59 Å². The van der Waals surface area contributed by atoms with E-state index in [2.05, 4.69) is 19.2 Å². The highest BCUT2D eigenvalue weighted by Gasteiger charge is 2.17. The van der Waals surface area contributed by atoms with Crippen LogP contribution in [0.25, 0.3) is 0 Å². The molecule has 0 heterocycles. The lowest BCUT2D eigenvalue weighted by atomic mass is 9.84. The number of unbranched alkanes of at least 4 members (excludes halogenated alkanes) is 2. The molecule has 5 heteroatoms. The van der Waals surface area contributed by atoms with Crippen molar-refractivity contribution in [3.8, 4) is 0 Å². The van der Waals surface area contributed by atoms with Gasteiger partial charge in [0.1, 0.15) is 0 Å². The molecule has 0 atom stereocenters. The zero-order chi connectivity index (χ0) is 14.7. The first-order valence-corrected chi connectivity index (χ1v) is 7.06. The molecule has 0 saturated heterocycles. The number of carboxylic acids is 1. The van der Waals surface area contributed by atoms with Gasteiger partial charge in [-0.05, 0) is 37.6 Å². The van der Waals surface area contributed by atoms with Gasteiger partial charge in [-0.1, -0.05) is 20.3 Å². The van der Waals surface area contributed by atoms with Gasteiger partial charge in [0.25, 0.3) is 0 Å². The first kappa shape index (κ1) is 17.9. The van der Waals surface area contributed by atoms with E-state index in [1.54, 1.807) is 0 Å². The molecule has 0 unspecified atom stereocenters. The van der Waals surface area contributed by atoms with Crippen LogP contribution in [-0.2, 0) is 9.59 Å². The summed E-state index contributed by atoms with van der Waals surface area (Å²) in [4.78, 5) is 21.9. The van der Waals surface area contributed by atoms with Gasteiger partial charge in [0.05, 0.1) is 0 Å². The summed E-state index contributed by atoms with van der Waals surface area (Å²) in [6.45, 7) is 5.53. The van der Waals surface area contributed by atoms with Gasteiger partial charge in [0.15, 0.2) is 0 Å². The summed E-state index contributed by atoms with van der Waals surface area (Å²) in [6.07, 6.45) is 4.86. The van der Waals surface area contributed by atoms with Crippen LogP contribution in [0.2, 0.25) is 0 Å². The first-order valence-electron chi connectivity index (χ1n) is 7.06. The van der Waals surface area contributed by atoms with Crippen molar-refractivity contribution in [1.82, 2.24) is 5.32 Å². The van der Waals surface area contributed by atoms with E-state index in [1.165, 1.54) is 0 Å². The molecule has 1 amide bonds. The number of nitrogens with two attached hydrogens (primary N) is 1. The molecule has 0 fully saturated rings. The quantitative estimate of drug-likeness (QED) is 0.501. The average molecular weight is 272 g/mol. The molecule has 0 spiro atoms. The third-order valence-electron chi connectivity index (χ3n) is 3.24. The maximum absolute atomic E-state index is 11.6. The third-order valence-corrected chi connectivity index (χ3v) is 3.24. The molecule has 0 aliphatic heterocycles. The van der Waals surface area contributed by atoms with Crippen LogP contribution in [0, 0.1) is 5.41 Å². The molecular formula is C14H28N2O3. The van der Waals surface area contributed by atoms with Crippen molar-refractivity contribution in [1.29, 1.82) is 0 Å². The molecule has 19 heavy (non-hydrogen) atoms. The lowest BCUT2D eigenvalue weighted by Gasteiger charge is -2.23. The second-order valence-electron chi connectivity index (χ2n) is 5.76. The molecule has 112 valence electrons. The van der Waals surface area contributed by atoms with Crippen LogP contribution in [0.4, 0.5) is 0 Å². The second-order valence-corrected chi connectivity index (χ2v) is 5.76. The molecule has 5 nitrogen and oxygen atoms in total. The highest BCUT2D eigenvalue weighted by molar-refractivity contribution is 5.75. The van der Waals surface area contributed by atoms with Crippen molar-refractivity contribution < 1.29 is 14.7 Å². The van der Waals surface area contributed by atoms with Crippen LogP contribution in [0.1, 0.15) is 58.8 Å². The normalized spacial score (nSPS) is 11.3. The number of rotatable bonds is 11. The monoisotopic (exact) mass is 272 g/mol. The maximum atomic E-state index is 11.6. The summed E-state index contributed by atoms with van der Waals surface area (Å²) >= 11 is 0. The largest absolute Gasteiger partial charge is 0.481 e. The van der Waals surface area contributed by atoms with E-state index in [-0.39, 0.29) is 17.7 Å². The molecule has 0 aromatic carbocycles. The Balaban J connectivity index is 3.52. The van der Waals surface area contributed by atoms with Crippen LogP contribution >= 0.6 is 0 Å². The topological polar surface area (TPSA) is 92.4 Å². The van der Waals surface area contributed by atoms with Gasteiger partial charge in [-0.25, -0.2) is 0 Å². The van der Waals surface area contributed by atoms with Crippen molar-refractivity contribution >= 4 is 11.9 Å². The summed E-state index contributed by atoms with van der Waals surface area (Å²) < 4.78 is 0. The highest BCUT2D eigenvalue weighted by atomic mass is 16.4. The zero-order valence-electron chi connectivity index (χ0n) is 12.2. The molecule has 0 bridgehead atoms. The SMILES string of the molecule is CC(C)(CCN)CCC(=O)NCCCCCC(=O)O. The molecule has 0 aliphatic rings. The van der Waals surface area contributed by atoms with Crippen LogP contribution in [0.3, 0.4) is 0 Å². The van der Waals surface area contributed by atoms with Gasteiger partial charge in [0, 0.05) is 19.4 Å². The fraction of sp³-hybridized carbons (Fsp3) is 0.857. The minimum atomic E-state index is -0.758. The van der Waals surface area contributed by atoms with Crippen LogP contribution in [0.15, 0.2) is 0 Å². The van der Waals surface area contributed by atoms with Gasteiger partial charge in [-0.3, -0.25) is 9.59 Å². The molecule has 0 rings (SSSR count). The number of aliphatic carboxylic acids is 1. The molecule has 0 aromatic rings. The highest BCUT2D eigenvalue weighted by Crippen LogP contribution is 2.25. The fourth-order valence-corrected chi connectivity index (χ4v) is 1.86. The molecule has 0 radical (unpaired) electrons. The minimum absolute atomic E-state index is 0.0725. The van der Waals surface area contributed by atoms with Crippen molar-refractivity contribution in [3.05, 3.63) is 0 Å². The predicted molar refractivity (Wildman–Crippen MR) is 75.8 cm³/mol. The standard InChI is InChI=1S/C14H28N2O3/c1-14(2,9-10-15)8-7-12(17)16-11-5-3-4-6-13(18)19/h3-11,15H2,1-2H3,(H,16,17)(H,18,19). The Hall–Kier alpha value is -1.10. The van der Waals surface area contributed by atoms with E-state index in [0.717, 1.165) is 25.7 Å². The smallest absolute Gasteiger partial charge is 0.303 e. The minimum Gasteiger partial charge on any atom is -0.481 e. The van der Waals surface area contributed by atoms with E-state index in [4.69, 9.17) is 10.8 Å². The number of hydrogen-bond acceptors (Lipinski definition) is 3. The molecule has 0 aliphatic carbocycles. The Morgan fingerprint density at radius 1 is 1.11 bits per heavy atom. The van der Waals surface area contributed by atoms with E-state index in [0.29, 0.717) is 25.9 Å². The summed E-state index contributed by atoms with van der Waals surface area (Å²) in [7, 11) is 0. The number of nitrogens with one attached hydrogen (secondary N) is 1. The summed E-state index contributed by atoms with van der Waals surface area (Å²) in [6, 6.07) is 0. The molecule has 0 aromatic heterocycles. The molecule has 0 saturated carbocycles. The number of hydrogen-bond donors (Lipinski definition) is 3. The first-order chi connectivity index (χ1) is 8.87.